The molecule has 0 saturated heterocycles. The highest BCUT2D eigenvalue weighted by molar-refractivity contribution is 6.07. The molecule has 0 aliphatic carbocycles. The second-order valence-electron chi connectivity index (χ2n) is 7.73. The van der Waals surface area contributed by atoms with Gasteiger partial charge >= 0.3 is 0 Å². The van der Waals surface area contributed by atoms with Crippen LogP contribution in [0.1, 0.15) is 22.8 Å². The third-order valence-electron chi connectivity index (χ3n) is 5.50. The van der Waals surface area contributed by atoms with Gasteiger partial charge in [0.1, 0.15) is 11.6 Å². The van der Waals surface area contributed by atoms with E-state index in [1.165, 1.54) is 12.1 Å². The third kappa shape index (κ3) is 3.69. The van der Waals surface area contributed by atoms with Crippen LogP contribution in [-0.4, -0.2) is 22.9 Å². The molecule has 0 fully saturated rings. The van der Waals surface area contributed by atoms with Crippen molar-refractivity contribution in [2.75, 3.05) is 10.2 Å². The summed E-state index contributed by atoms with van der Waals surface area (Å²) in [7, 11) is 0. The standard InChI is InChI=1S/C25H20FN3O3/c1-15-25(31)29(14-16-2-6-19(26)7-3-16)22-13-20(8-9-23(22)32-15)28-24(30)18-5-4-17-10-11-27-21(17)12-18/h2-13,15,27H,14H2,1H3,(H,28,30). The van der Waals surface area contributed by atoms with E-state index in [0.29, 0.717) is 22.7 Å². The summed E-state index contributed by atoms with van der Waals surface area (Å²) in [5, 5.41) is 3.91. The summed E-state index contributed by atoms with van der Waals surface area (Å²) in [5.41, 5.74) is 3.27. The lowest BCUT2D eigenvalue weighted by atomic mass is 10.1. The topological polar surface area (TPSA) is 74.4 Å². The van der Waals surface area contributed by atoms with Crippen LogP contribution < -0.4 is 15.0 Å². The molecule has 0 bridgehead atoms. The molecule has 1 atom stereocenters. The normalized spacial score (nSPS) is 15.4. The van der Waals surface area contributed by atoms with Crippen LogP contribution in [0.4, 0.5) is 15.8 Å². The fourth-order valence-corrected chi connectivity index (χ4v) is 3.81. The number of H-pyrrole nitrogens is 1. The SMILES string of the molecule is CC1Oc2ccc(NC(=O)c3ccc4cc[nH]c4c3)cc2N(Cc2ccc(F)cc2)C1=O. The number of rotatable bonds is 4. The Kier molecular flexibility index (Phi) is 4.86. The Bertz CT molecular complexity index is 1330. The molecule has 2 N–H and O–H groups in total. The van der Waals surface area contributed by atoms with E-state index in [0.717, 1.165) is 16.5 Å². The van der Waals surface area contributed by atoms with Crippen molar-refractivity contribution < 1.29 is 18.7 Å². The minimum atomic E-state index is -0.643. The maximum absolute atomic E-state index is 13.3. The molecule has 3 aromatic carbocycles. The average molecular weight is 429 g/mol. The first kappa shape index (κ1) is 19.8. The number of nitrogens with zero attached hydrogens (tertiary/aromatic N) is 1. The molecule has 1 aliphatic rings. The average Bonchev–Trinajstić information content (AvgIpc) is 3.26. The molecule has 2 heterocycles. The van der Waals surface area contributed by atoms with E-state index in [1.54, 1.807) is 54.3 Å². The van der Waals surface area contributed by atoms with Gasteiger partial charge in [-0.25, -0.2) is 4.39 Å². The number of aromatic nitrogens is 1. The van der Waals surface area contributed by atoms with Crippen LogP contribution >= 0.6 is 0 Å². The minimum absolute atomic E-state index is 0.206. The monoisotopic (exact) mass is 429 g/mol. The van der Waals surface area contributed by atoms with E-state index in [-0.39, 0.29) is 24.2 Å². The largest absolute Gasteiger partial charge is 0.479 e. The maximum Gasteiger partial charge on any atom is 0.268 e. The number of nitrogens with one attached hydrogen (secondary N) is 2. The fraction of sp³-hybridized carbons (Fsp3) is 0.120. The fourth-order valence-electron chi connectivity index (χ4n) is 3.81. The molecule has 1 aliphatic heterocycles. The minimum Gasteiger partial charge on any atom is -0.479 e. The Morgan fingerprint density at radius 3 is 2.72 bits per heavy atom. The Morgan fingerprint density at radius 1 is 1.09 bits per heavy atom. The van der Waals surface area contributed by atoms with Gasteiger partial charge in [-0.05, 0) is 66.4 Å². The van der Waals surface area contributed by atoms with Crippen LogP contribution in [0, 0.1) is 5.82 Å². The number of amides is 2. The van der Waals surface area contributed by atoms with E-state index in [4.69, 9.17) is 4.74 Å². The zero-order chi connectivity index (χ0) is 22.2. The molecule has 4 aromatic rings. The van der Waals surface area contributed by atoms with Crippen LogP contribution in [0.25, 0.3) is 10.9 Å². The molecule has 160 valence electrons. The number of halogens is 1. The summed E-state index contributed by atoms with van der Waals surface area (Å²) in [4.78, 5) is 30.3. The summed E-state index contributed by atoms with van der Waals surface area (Å²) >= 11 is 0. The van der Waals surface area contributed by atoms with Crippen molar-refractivity contribution in [1.82, 2.24) is 4.98 Å². The number of aromatic amines is 1. The van der Waals surface area contributed by atoms with Gasteiger partial charge in [0.05, 0.1) is 12.2 Å². The van der Waals surface area contributed by atoms with E-state index >= 15 is 0 Å². The first-order chi connectivity index (χ1) is 15.5. The number of hydrogen-bond donors (Lipinski definition) is 2. The van der Waals surface area contributed by atoms with Crippen LogP contribution in [0.15, 0.2) is 72.9 Å². The van der Waals surface area contributed by atoms with Crippen molar-refractivity contribution in [3.8, 4) is 5.75 Å². The number of anilines is 2. The van der Waals surface area contributed by atoms with E-state index in [2.05, 4.69) is 10.3 Å². The van der Waals surface area contributed by atoms with Crippen molar-refractivity contribution in [2.24, 2.45) is 0 Å². The molecule has 2 amide bonds. The molecule has 1 unspecified atom stereocenters. The zero-order valence-electron chi connectivity index (χ0n) is 17.3. The number of hydrogen-bond acceptors (Lipinski definition) is 3. The van der Waals surface area contributed by atoms with Gasteiger partial charge in [0.25, 0.3) is 11.8 Å². The maximum atomic E-state index is 13.3. The molecule has 0 saturated carbocycles. The van der Waals surface area contributed by atoms with Crippen molar-refractivity contribution in [2.45, 2.75) is 19.6 Å². The number of carbonyl (C=O) groups excluding carboxylic acids is 2. The van der Waals surface area contributed by atoms with Gasteiger partial charge in [0, 0.05) is 23.0 Å². The molecule has 1 aromatic heterocycles. The van der Waals surface area contributed by atoms with Gasteiger partial charge in [-0.2, -0.15) is 0 Å². The Balaban J connectivity index is 1.43. The number of fused-ring (bicyclic) bond motifs is 2. The zero-order valence-corrected chi connectivity index (χ0v) is 17.3. The van der Waals surface area contributed by atoms with Gasteiger partial charge in [0.15, 0.2) is 6.10 Å². The molecule has 7 heteroatoms. The van der Waals surface area contributed by atoms with Crippen molar-refractivity contribution in [3.63, 3.8) is 0 Å². The molecule has 32 heavy (non-hydrogen) atoms. The molecule has 6 nitrogen and oxygen atoms in total. The van der Waals surface area contributed by atoms with Gasteiger partial charge in [0.2, 0.25) is 0 Å². The second-order valence-corrected chi connectivity index (χ2v) is 7.73. The number of benzene rings is 3. The van der Waals surface area contributed by atoms with Gasteiger partial charge in [-0.3, -0.25) is 9.59 Å². The lowest BCUT2D eigenvalue weighted by molar-refractivity contribution is -0.125. The van der Waals surface area contributed by atoms with E-state index < -0.39 is 6.10 Å². The highest BCUT2D eigenvalue weighted by atomic mass is 19.1. The van der Waals surface area contributed by atoms with Gasteiger partial charge in [-0.15, -0.1) is 0 Å². The summed E-state index contributed by atoms with van der Waals surface area (Å²) in [6.07, 6.45) is 1.18. The van der Waals surface area contributed by atoms with Gasteiger partial charge in [-0.1, -0.05) is 18.2 Å². The molecule has 0 spiro atoms. The Labute approximate surface area is 183 Å². The van der Waals surface area contributed by atoms with Crippen LogP contribution in [0.2, 0.25) is 0 Å². The van der Waals surface area contributed by atoms with E-state index in [1.807, 2.05) is 18.3 Å². The van der Waals surface area contributed by atoms with Gasteiger partial charge < -0.3 is 19.9 Å². The molecular formula is C25H20FN3O3. The van der Waals surface area contributed by atoms with Crippen molar-refractivity contribution in [1.29, 1.82) is 0 Å². The third-order valence-corrected chi connectivity index (χ3v) is 5.50. The number of carbonyl (C=O) groups is 2. The second kappa shape index (κ2) is 7.85. The number of ether oxygens (including phenoxy) is 1. The predicted molar refractivity (Wildman–Crippen MR) is 120 cm³/mol. The van der Waals surface area contributed by atoms with Crippen LogP contribution in [0.5, 0.6) is 5.75 Å². The summed E-state index contributed by atoms with van der Waals surface area (Å²) in [5.74, 6) is -0.256. The highest BCUT2D eigenvalue weighted by Gasteiger charge is 2.32. The van der Waals surface area contributed by atoms with Crippen LogP contribution in [0.3, 0.4) is 0 Å². The lowest BCUT2D eigenvalue weighted by Gasteiger charge is -2.33. The van der Waals surface area contributed by atoms with Crippen LogP contribution in [-0.2, 0) is 11.3 Å². The Morgan fingerprint density at radius 2 is 1.91 bits per heavy atom. The smallest absolute Gasteiger partial charge is 0.268 e. The summed E-state index contributed by atoms with van der Waals surface area (Å²) in [6.45, 7) is 1.95. The first-order valence-corrected chi connectivity index (χ1v) is 10.2. The summed E-state index contributed by atoms with van der Waals surface area (Å²) in [6, 6.07) is 18.6. The Hall–Kier alpha value is -4.13. The highest BCUT2D eigenvalue weighted by Crippen LogP contribution is 2.37. The van der Waals surface area contributed by atoms with E-state index in [9.17, 15) is 14.0 Å². The summed E-state index contributed by atoms with van der Waals surface area (Å²) < 4.78 is 19.0. The quantitative estimate of drug-likeness (QED) is 0.486. The van der Waals surface area contributed by atoms with Crippen molar-refractivity contribution in [3.05, 3.63) is 89.9 Å². The predicted octanol–water partition coefficient (Wildman–Crippen LogP) is 4.87. The lowest BCUT2D eigenvalue weighted by Crippen LogP contribution is -2.44. The van der Waals surface area contributed by atoms with Crippen molar-refractivity contribution >= 4 is 34.1 Å². The first-order valence-electron chi connectivity index (χ1n) is 10.2. The molecular weight excluding hydrogens is 409 g/mol. The molecule has 0 radical (unpaired) electrons. The molecule has 5 rings (SSSR count).